The van der Waals surface area contributed by atoms with Gasteiger partial charge in [0, 0.05) is 16.8 Å². The minimum atomic E-state index is 0.752. The summed E-state index contributed by atoms with van der Waals surface area (Å²) < 4.78 is 5.10. The van der Waals surface area contributed by atoms with E-state index in [0.717, 1.165) is 28.3 Å². The first-order chi connectivity index (χ1) is 6.70. The zero-order valence-electron chi connectivity index (χ0n) is 8.24. The monoisotopic (exact) mass is 188 g/mol. The van der Waals surface area contributed by atoms with Gasteiger partial charge in [0.1, 0.15) is 5.76 Å². The fourth-order valence-electron chi connectivity index (χ4n) is 1.59. The molecule has 1 heterocycles. The topological polar surface area (TPSA) is 52.0 Å². The molecule has 3 heteroatoms. The van der Waals surface area contributed by atoms with E-state index in [1.807, 2.05) is 38.1 Å². The Morgan fingerprint density at radius 1 is 1.21 bits per heavy atom. The minimum absolute atomic E-state index is 0.752. The third kappa shape index (κ3) is 1.27. The molecule has 0 aliphatic carbocycles. The summed E-state index contributed by atoms with van der Waals surface area (Å²) in [4.78, 5) is 0. The number of benzene rings is 1. The Kier molecular flexibility index (Phi) is 2.00. The van der Waals surface area contributed by atoms with E-state index in [-0.39, 0.29) is 0 Å². The molecule has 2 rings (SSSR count). The number of nitrogen functional groups attached to an aromatic ring is 1. The Morgan fingerprint density at radius 2 is 1.93 bits per heavy atom. The number of hydrogen-bond donors (Lipinski definition) is 1. The van der Waals surface area contributed by atoms with Crippen molar-refractivity contribution in [2.24, 2.45) is 0 Å². The maximum atomic E-state index is 5.88. The summed E-state index contributed by atoms with van der Waals surface area (Å²) in [5.41, 5.74) is 9.50. The smallest absolute Gasteiger partial charge is 0.141 e. The normalized spacial score (nSPS) is 10.4. The van der Waals surface area contributed by atoms with Crippen LogP contribution in [0.3, 0.4) is 0 Å². The van der Waals surface area contributed by atoms with Gasteiger partial charge in [-0.05, 0) is 19.9 Å². The third-order valence-corrected chi connectivity index (χ3v) is 2.26. The van der Waals surface area contributed by atoms with Gasteiger partial charge in [0.05, 0.1) is 5.69 Å². The molecule has 0 unspecified atom stereocenters. The lowest BCUT2D eigenvalue weighted by molar-refractivity contribution is 0.393. The summed E-state index contributed by atoms with van der Waals surface area (Å²) in [6, 6.07) is 7.72. The summed E-state index contributed by atoms with van der Waals surface area (Å²) in [5.74, 6) is 0.806. The lowest BCUT2D eigenvalue weighted by Crippen LogP contribution is -1.90. The van der Waals surface area contributed by atoms with E-state index >= 15 is 0 Å². The number of hydrogen-bond acceptors (Lipinski definition) is 3. The van der Waals surface area contributed by atoms with Crippen LogP contribution >= 0.6 is 0 Å². The number of para-hydroxylation sites is 1. The fraction of sp³-hybridized carbons (Fsp3) is 0.182. The van der Waals surface area contributed by atoms with Gasteiger partial charge in [-0.3, -0.25) is 0 Å². The van der Waals surface area contributed by atoms with Crippen LogP contribution in [-0.4, -0.2) is 5.16 Å². The first-order valence-corrected chi connectivity index (χ1v) is 4.48. The number of nitrogens with two attached hydrogens (primary N) is 1. The highest BCUT2D eigenvalue weighted by Gasteiger charge is 2.12. The molecule has 0 aliphatic heterocycles. The number of aromatic nitrogens is 1. The molecule has 0 saturated heterocycles. The van der Waals surface area contributed by atoms with Crippen LogP contribution in [0.25, 0.3) is 11.1 Å². The van der Waals surface area contributed by atoms with Gasteiger partial charge in [-0.15, -0.1) is 0 Å². The number of rotatable bonds is 1. The summed E-state index contributed by atoms with van der Waals surface area (Å²) >= 11 is 0. The second-order valence-electron chi connectivity index (χ2n) is 3.29. The van der Waals surface area contributed by atoms with Gasteiger partial charge in [-0.2, -0.15) is 0 Å². The lowest BCUT2D eigenvalue weighted by Gasteiger charge is -2.03. The van der Waals surface area contributed by atoms with Crippen molar-refractivity contribution in [3.63, 3.8) is 0 Å². The van der Waals surface area contributed by atoms with Crippen LogP contribution in [0.1, 0.15) is 11.5 Å². The summed E-state index contributed by atoms with van der Waals surface area (Å²) in [6.07, 6.45) is 0. The Bertz CT molecular complexity index is 441. The van der Waals surface area contributed by atoms with E-state index in [0.29, 0.717) is 0 Å². The molecular formula is C11H12N2O. The van der Waals surface area contributed by atoms with Crippen LogP contribution in [0.2, 0.25) is 0 Å². The Morgan fingerprint density at radius 3 is 2.50 bits per heavy atom. The standard InChI is InChI=1S/C11H12N2O/c1-7-11(8(2)14-13-7)9-5-3-4-6-10(9)12/h3-6H,12H2,1-2H3. The van der Waals surface area contributed by atoms with E-state index < -0.39 is 0 Å². The Labute approximate surface area is 82.5 Å². The first-order valence-electron chi connectivity index (χ1n) is 4.48. The van der Waals surface area contributed by atoms with Crippen LogP contribution in [0.4, 0.5) is 5.69 Å². The van der Waals surface area contributed by atoms with Crippen molar-refractivity contribution >= 4 is 5.69 Å². The quantitative estimate of drug-likeness (QED) is 0.699. The predicted octanol–water partition coefficient (Wildman–Crippen LogP) is 2.54. The number of aryl methyl sites for hydroxylation is 2. The second-order valence-corrected chi connectivity index (χ2v) is 3.29. The van der Waals surface area contributed by atoms with Crippen molar-refractivity contribution in [3.8, 4) is 11.1 Å². The zero-order valence-corrected chi connectivity index (χ0v) is 8.24. The van der Waals surface area contributed by atoms with Crippen molar-refractivity contribution in [1.82, 2.24) is 5.16 Å². The van der Waals surface area contributed by atoms with Crippen molar-refractivity contribution in [3.05, 3.63) is 35.7 Å². The molecule has 0 radical (unpaired) electrons. The average Bonchev–Trinajstić information content (AvgIpc) is 2.48. The van der Waals surface area contributed by atoms with E-state index in [4.69, 9.17) is 10.3 Å². The molecule has 1 aromatic heterocycles. The third-order valence-electron chi connectivity index (χ3n) is 2.26. The van der Waals surface area contributed by atoms with Gasteiger partial charge in [-0.1, -0.05) is 23.4 Å². The van der Waals surface area contributed by atoms with E-state index in [1.165, 1.54) is 0 Å². The maximum absolute atomic E-state index is 5.88. The van der Waals surface area contributed by atoms with Gasteiger partial charge < -0.3 is 10.3 Å². The maximum Gasteiger partial charge on any atom is 0.141 e. The van der Waals surface area contributed by atoms with Crippen molar-refractivity contribution < 1.29 is 4.52 Å². The lowest BCUT2D eigenvalue weighted by atomic mass is 10.0. The van der Waals surface area contributed by atoms with Crippen molar-refractivity contribution in [1.29, 1.82) is 0 Å². The summed E-state index contributed by atoms with van der Waals surface area (Å²) in [7, 11) is 0. The predicted molar refractivity (Wildman–Crippen MR) is 55.8 cm³/mol. The highest BCUT2D eigenvalue weighted by molar-refractivity contribution is 5.78. The number of nitrogens with zero attached hydrogens (tertiary/aromatic N) is 1. The molecule has 2 aromatic rings. The molecule has 3 nitrogen and oxygen atoms in total. The fourth-order valence-corrected chi connectivity index (χ4v) is 1.59. The van der Waals surface area contributed by atoms with Crippen LogP contribution < -0.4 is 5.73 Å². The average molecular weight is 188 g/mol. The molecular weight excluding hydrogens is 176 g/mol. The molecule has 0 aliphatic rings. The van der Waals surface area contributed by atoms with E-state index in [1.54, 1.807) is 0 Å². The van der Waals surface area contributed by atoms with Gasteiger partial charge >= 0.3 is 0 Å². The molecule has 0 spiro atoms. The van der Waals surface area contributed by atoms with Crippen molar-refractivity contribution in [2.75, 3.05) is 5.73 Å². The molecule has 0 bridgehead atoms. The molecule has 0 atom stereocenters. The number of anilines is 1. The highest BCUT2D eigenvalue weighted by Crippen LogP contribution is 2.30. The van der Waals surface area contributed by atoms with Gasteiger partial charge in [0.15, 0.2) is 0 Å². The van der Waals surface area contributed by atoms with Crippen molar-refractivity contribution in [2.45, 2.75) is 13.8 Å². The molecule has 0 amide bonds. The second kappa shape index (κ2) is 3.18. The van der Waals surface area contributed by atoms with E-state index in [2.05, 4.69) is 5.16 Å². The van der Waals surface area contributed by atoms with Crippen LogP contribution in [0.15, 0.2) is 28.8 Å². The Hall–Kier alpha value is -1.77. The van der Waals surface area contributed by atoms with Gasteiger partial charge in [0.25, 0.3) is 0 Å². The molecule has 0 fully saturated rings. The largest absolute Gasteiger partial charge is 0.398 e. The van der Waals surface area contributed by atoms with Crippen LogP contribution in [-0.2, 0) is 0 Å². The molecule has 0 saturated carbocycles. The van der Waals surface area contributed by atoms with Gasteiger partial charge in [-0.25, -0.2) is 0 Å². The SMILES string of the molecule is Cc1noc(C)c1-c1ccccc1N. The highest BCUT2D eigenvalue weighted by atomic mass is 16.5. The van der Waals surface area contributed by atoms with Gasteiger partial charge in [0.2, 0.25) is 0 Å². The molecule has 2 N–H and O–H groups in total. The minimum Gasteiger partial charge on any atom is -0.398 e. The Balaban J connectivity index is 2.66. The zero-order chi connectivity index (χ0) is 10.1. The first kappa shape index (κ1) is 8.81. The van der Waals surface area contributed by atoms with Crippen LogP contribution in [0.5, 0.6) is 0 Å². The molecule has 1 aromatic carbocycles. The summed E-state index contributed by atoms with van der Waals surface area (Å²) in [6.45, 7) is 3.81. The molecule has 72 valence electrons. The van der Waals surface area contributed by atoms with Crippen LogP contribution in [0, 0.1) is 13.8 Å². The molecule has 14 heavy (non-hydrogen) atoms. The summed E-state index contributed by atoms with van der Waals surface area (Å²) in [5, 5.41) is 3.90. The van der Waals surface area contributed by atoms with E-state index in [9.17, 15) is 0 Å².